The molecule has 0 spiro atoms. The molecule has 0 aliphatic heterocycles. The maximum atomic E-state index is 11.1. The van der Waals surface area contributed by atoms with E-state index in [0.29, 0.717) is 6.61 Å². The Morgan fingerprint density at radius 3 is 2.45 bits per heavy atom. The van der Waals surface area contributed by atoms with Crippen LogP contribution < -0.4 is 4.74 Å². The Bertz CT molecular complexity index is 549. The summed E-state index contributed by atoms with van der Waals surface area (Å²) in [6.07, 6.45) is 1.07. The van der Waals surface area contributed by atoms with Crippen LogP contribution in [0.4, 0.5) is 0 Å². The van der Waals surface area contributed by atoms with E-state index in [1.54, 1.807) is 0 Å². The molecule has 0 aliphatic carbocycles. The van der Waals surface area contributed by atoms with E-state index >= 15 is 0 Å². The summed E-state index contributed by atoms with van der Waals surface area (Å²) < 4.78 is 10.3. The second-order valence-electron chi connectivity index (χ2n) is 4.44. The maximum Gasteiger partial charge on any atom is 0.308 e. The molecule has 0 bridgehead atoms. The Balaban J connectivity index is 2.01. The van der Waals surface area contributed by atoms with Crippen LogP contribution in [0.2, 0.25) is 0 Å². The number of carbonyl (C=O) groups excluding carboxylic acids is 1. The van der Waals surface area contributed by atoms with Gasteiger partial charge in [0, 0.05) is 6.42 Å². The fraction of sp³-hybridized carbons (Fsp3) is 0.235. The van der Waals surface area contributed by atoms with Crippen LogP contribution in [-0.2, 0) is 16.0 Å². The summed E-state index contributed by atoms with van der Waals surface area (Å²) in [5.41, 5.74) is 2.35. The van der Waals surface area contributed by atoms with Gasteiger partial charge < -0.3 is 9.47 Å². The van der Waals surface area contributed by atoms with E-state index in [1.165, 1.54) is 12.7 Å². The summed E-state index contributed by atoms with van der Waals surface area (Å²) in [5.74, 6) is 0.561. The fourth-order valence-electron chi connectivity index (χ4n) is 1.95. The van der Waals surface area contributed by atoms with Crippen molar-refractivity contribution in [2.45, 2.75) is 12.8 Å². The molecule has 0 amide bonds. The van der Waals surface area contributed by atoms with Crippen LogP contribution >= 0.6 is 0 Å². The van der Waals surface area contributed by atoms with Crippen LogP contribution in [0.25, 0.3) is 0 Å². The molecular weight excluding hydrogens is 252 g/mol. The Hall–Kier alpha value is -2.29. The van der Waals surface area contributed by atoms with Gasteiger partial charge in [-0.2, -0.15) is 0 Å². The number of rotatable bonds is 6. The predicted octanol–water partition coefficient (Wildman–Crippen LogP) is 3.22. The van der Waals surface area contributed by atoms with Crippen LogP contribution in [0.3, 0.4) is 0 Å². The number of methoxy groups -OCH3 is 1. The second kappa shape index (κ2) is 7.34. The molecule has 3 nitrogen and oxygen atoms in total. The lowest BCUT2D eigenvalue weighted by Gasteiger charge is -2.11. The SMILES string of the molecule is COC(=O)CCOc1ccccc1Cc1ccccc1. The van der Waals surface area contributed by atoms with E-state index in [1.807, 2.05) is 42.5 Å². The van der Waals surface area contributed by atoms with Crippen molar-refractivity contribution in [1.82, 2.24) is 0 Å². The topological polar surface area (TPSA) is 35.5 Å². The highest BCUT2D eigenvalue weighted by atomic mass is 16.5. The van der Waals surface area contributed by atoms with Crippen molar-refractivity contribution < 1.29 is 14.3 Å². The molecule has 0 atom stereocenters. The highest BCUT2D eigenvalue weighted by Crippen LogP contribution is 2.21. The Morgan fingerprint density at radius 2 is 1.70 bits per heavy atom. The molecule has 104 valence electrons. The smallest absolute Gasteiger partial charge is 0.308 e. The molecule has 2 aromatic rings. The van der Waals surface area contributed by atoms with Crippen molar-refractivity contribution >= 4 is 5.97 Å². The van der Waals surface area contributed by atoms with Crippen molar-refractivity contribution in [2.24, 2.45) is 0 Å². The van der Waals surface area contributed by atoms with Gasteiger partial charge >= 0.3 is 5.97 Å². The quantitative estimate of drug-likeness (QED) is 0.756. The highest BCUT2D eigenvalue weighted by molar-refractivity contribution is 5.69. The molecule has 20 heavy (non-hydrogen) atoms. The lowest BCUT2D eigenvalue weighted by atomic mass is 10.0. The predicted molar refractivity (Wildman–Crippen MR) is 77.8 cm³/mol. The lowest BCUT2D eigenvalue weighted by molar-refractivity contribution is -0.141. The first kappa shape index (κ1) is 14.1. The molecule has 0 aromatic heterocycles. The molecule has 0 saturated carbocycles. The van der Waals surface area contributed by atoms with Crippen molar-refractivity contribution in [3.63, 3.8) is 0 Å². The zero-order valence-electron chi connectivity index (χ0n) is 11.5. The summed E-state index contributed by atoms with van der Waals surface area (Å²) in [6.45, 7) is 0.332. The van der Waals surface area contributed by atoms with E-state index in [-0.39, 0.29) is 12.4 Å². The largest absolute Gasteiger partial charge is 0.493 e. The van der Waals surface area contributed by atoms with Crippen molar-refractivity contribution in [3.05, 3.63) is 65.7 Å². The molecule has 0 aliphatic rings. The number of benzene rings is 2. The minimum absolute atomic E-state index is 0.259. The van der Waals surface area contributed by atoms with Crippen LogP contribution in [-0.4, -0.2) is 19.7 Å². The monoisotopic (exact) mass is 270 g/mol. The average molecular weight is 270 g/mol. The summed E-state index contributed by atoms with van der Waals surface area (Å²) in [4.78, 5) is 11.1. The maximum absolute atomic E-state index is 11.1. The summed E-state index contributed by atoms with van der Waals surface area (Å²) >= 11 is 0. The Labute approximate surface area is 119 Å². The van der Waals surface area contributed by atoms with Gasteiger partial charge in [0.2, 0.25) is 0 Å². The number of ether oxygens (including phenoxy) is 2. The van der Waals surface area contributed by atoms with E-state index < -0.39 is 0 Å². The summed E-state index contributed by atoms with van der Waals surface area (Å²) in [7, 11) is 1.38. The molecule has 0 radical (unpaired) electrons. The third-order valence-electron chi connectivity index (χ3n) is 3.00. The number of esters is 1. The number of hydrogen-bond acceptors (Lipinski definition) is 3. The first-order valence-electron chi connectivity index (χ1n) is 6.61. The zero-order valence-corrected chi connectivity index (χ0v) is 11.5. The molecule has 0 heterocycles. The van der Waals surface area contributed by atoms with Gasteiger partial charge in [0.05, 0.1) is 20.1 Å². The molecule has 2 aromatic carbocycles. The number of para-hydroxylation sites is 1. The van der Waals surface area contributed by atoms with Gasteiger partial charge in [-0.05, 0) is 17.2 Å². The van der Waals surface area contributed by atoms with Crippen molar-refractivity contribution in [3.8, 4) is 5.75 Å². The van der Waals surface area contributed by atoms with E-state index in [9.17, 15) is 4.79 Å². The standard InChI is InChI=1S/C17H18O3/c1-19-17(18)11-12-20-16-10-6-5-9-15(16)13-14-7-3-2-4-8-14/h2-10H,11-13H2,1H3. The molecule has 0 saturated heterocycles. The number of carbonyl (C=O) groups is 1. The van der Waals surface area contributed by atoms with Crippen LogP contribution in [0.15, 0.2) is 54.6 Å². The molecular formula is C17H18O3. The first-order valence-corrected chi connectivity index (χ1v) is 6.61. The zero-order chi connectivity index (χ0) is 14.2. The average Bonchev–Trinajstić information content (AvgIpc) is 2.50. The van der Waals surface area contributed by atoms with Gasteiger partial charge in [-0.25, -0.2) is 0 Å². The van der Waals surface area contributed by atoms with Crippen LogP contribution in [0.5, 0.6) is 5.75 Å². The van der Waals surface area contributed by atoms with Gasteiger partial charge in [-0.1, -0.05) is 48.5 Å². The third kappa shape index (κ3) is 4.12. The Kier molecular flexibility index (Phi) is 5.18. The van der Waals surface area contributed by atoms with Crippen molar-refractivity contribution in [2.75, 3.05) is 13.7 Å². The second-order valence-corrected chi connectivity index (χ2v) is 4.44. The molecule has 3 heteroatoms. The van der Waals surface area contributed by atoms with Gasteiger partial charge in [-0.3, -0.25) is 4.79 Å². The van der Waals surface area contributed by atoms with E-state index in [2.05, 4.69) is 16.9 Å². The normalized spacial score (nSPS) is 10.1. The van der Waals surface area contributed by atoms with Gasteiger partial charge in [-0.15, -0.1) is 0 Å². The third-order valence-corrected chi connectivity index (χ3v) is 3.00. The highest BCUT2D eigenvalue weighted by Gasteiger charge is 2.06. The summed E-state index contributed by atoms with van der Waals surface area (Å²) in [5, 5.41) is 0. The minimum Gasteiger partial charge on any atom is -0.493 e. The number of hydrogen-bond donors (Lipinski definition) is 0. The first-order chi connectivity index (χ1) is 9.79. The van der Waals surface area contributed by atoms with E-state index in [4.69, 9.17) is 4.74 Å². The van der Waals surface area contributed by atoms with Gasteiger partial charge in [0.25, 0.3) is 0 Å². The molecule has 0 N–H and O–H groups in total. The molecule has 2 rings (SSSR count). The lowest BCUT2D eigenvalue weighted by Crippen LogP contribution is -2.08. The van der Waals surface area contributed by atoms with Gasteiger partial charge in [0.15, 0.2) is 0 Å². The summed E-state index contributed by atoms with van der Waals surface area (Å²) in [6, 6.07) is 18.1. The minimum atomic E-state index is -0.259. The van der Waals surface area contributed by atoms with E-state index in [0.717, 1.165) is 17.7 Å². The van der Waals surface area contributed by atoms with Crippen LogP contribution in [0.1, 0.15) is 17.5 Å². The van der Waals surface area contributed by atoms with Crippen LogP contribution in [0, 0.1) is 0 Å². The fourth-order valence-corrected chi connectivity index (χ4v) is 1.95. The molecule has 0 fully saturated rings. The molecule has 0 unspecified atom stereocenters. The van der Waals surface area contributed by atoms with Crippen molar-refractivity contribution in [1.29, 1.82) is 0 Å². The van der Waals surface area contributed by atoms with Gasteiger partial charge in [0.1, 0.15) is 5.75 Å². The Morgan fingerprint density at radius 1 is 1.00 bits per heavy atom.